The number of carbonyl (C=O) groups excluding carboxylic acids is 1. The molecule has 1 atom stereocenters. The standard InChI is InChI=1S/C27H22ClF6N5O3/c1-42-22-7-3-6-20(35-22)23(17-4-2-5-18(14-17)27(32,33)34)36-21(40)15-39-25(41)38(13-12-26(29,30)31)24(37-39)16-8-10-19(28)11-9-16/h2-11,14,23H,12-13,15H2,1H3,(H,36,40). The highest BCUT2D eigenvalue weighted by molar-refractivity contribution is 6.30. The third kappa shape index (κ3) is 7.49. The Morgan fingerprint density at radius 3 is 2.36 bits per heavy atom. The molecule has 4 rings (SSSR count). The first-order chi connectivity index (χ1) is 19.7. The fourth-order valence-corrected chi connectivity index (χ4v) is 4.19. The normalized spacial score (nSPS) is 12.7. The third-order valence-corrected chi connectivity index (χ3v) is 6.29. The molecule has 0 fully saturated rings. The summed E-state index contributed by atoms with van der Waals surface area (Å²) in [5, 5.41) is 6.99. The van der Waals surface area contributed by atoms with Crippen LogP contribution in [0.1, 0.15) is 29.3 Å². The largest absolute Gasteiger partial charge is 0.481 e. The summed E-state index contributed by atoms with van der Waals surface area (Å²) >= 11 is 5.90. The van der Waals surface area contributed by atoms with Crippen molar-refractivity contribution in [1.82, 2.24) is 24.6 Å². The summed E-state index contributed by atoms with van der Waals surface area (Å²) in [5.41, 5.74) is -1.51. The monoisotopic (exact) mass is 613 g/mol. The highest BCUT2D eigenvalue weighted by Crippen LogP contribution is 2.32. The lowest BCUT2D eigenvalue weighted by Crippen LogP contribution is -2.36. The molecule has 0 spiro atoms. The van der Waals surface area contributed by atoms with E-state index in [1.54, 1.807) is 0 Å². The zero-order valence-corrected chi connectivity index (χ0v) is 22.5. The predicted octanol–water partition coefficient (Wildman–Crippen LogP) is 5.65. The Morgan fingerprint density at radius 1 is 1.02 bits per heavy atom. The summed E-state index contributed by atoms with van der Waals surface area (Å²) in [4.78, 5) is 30.5. The maximum atomic E-state index is 13.4. The number of pyridine rings is 1. The fourth-order valence-electron chi connectivity index (χ4n) is 4.07. The summed E-state index contributed by atoms with van der Waals surface area (Å²) in [6.45, 7) is -1.51. The van der Waals surface area contributed by atoms with Crippen LogP contribution in [0.2, 0.25) is 5.02 Å². The van der Waals surface area contributed by atoms with Crippen LogP contribution >= 0.6 is 11.6 Å². The molecule has 0 aliphatic heterocycles. The lowest BCUT2D eigenvalue weighted by Gasteiger charge is -2.20. The van der Waals surface area contributed by atoms with Crippen molar-refractivity contribution in [1.29, 1.82) is 0 Å². The number of hydrogen-bond acceptors (Lipinski definition) is 5. The number of nitrogens with one attached hydrogen (secondary N) is 1. The highest BCUT2D eigenvalue weighted by atomic mass is 35.5. The van der Waals surface area contributed by atoms with E-state index in [2.05, 4.69) is 15.4 Å². The Balaban J connectivity index is 1.69. The lowest BCUT2D eigenvalue weighted by molar-refractivity contribution is -0.138. The molecule has 1 N–H and O–H groups in total. The average molecular weight is 614 g/mol. The number of amides is 1. The van der Waals surface area contributed by atoms with E-state index in [0.717, 1.165) is 16.7 Å². The van der Waals surface area contributed by atoms with Crippen LogP contribution in [0.15, 0.2) is 71.5 Å². The van der Waals surface area contributed by atoms with Crippen LogP contribution in [0.25, 0.3) is 11.4 Å². The van der Waals surface area contributed by atoms with Crippen molar-refractivity contribution < 1.29 is 35.9 Å². The minimum atomic E-state index is -4.67. The highest BCUT2D eigenvalue weighted by Gasteiger charge is 2.32. The number of carbonyl (C=O) groups is 1. The van der Waals surface area contributed by atoms with Crippen molar-refractivity contribution in [3.8, 4) is 17.3 Å². The SMILES string of the molecule is COc1cccc(C(NC(=O)Cn2nc(-c3ccc(Cl)cc3)n(CCC(F)(F)F)c2=O)c2cccc(C(F)(F)F)c2)n1. The predicted molar refractivity (Wildman–Crippen MR) is 140 cm³/mol. The fraction of sp³-hybridized carbons (Fsp3) is 0.259. The molecule has 1 amide bonds. The Bertz CT molecular complexity index is 1620. The molecule has 42 heavy (non-hydrogen) atoms. The van der Waals surface area contributed by atoms with Gasteiger partial charge in [-0.25, -0.2) is 14.5 Å². The molecule has 8 nitrogen and oxygen atoms in total. The zero-order valence-electron chi connectivity index (χ0n) is 21.7. The van der Waals surface area contributed by atoms with Gasteiger partial charge >= 0.3 is 18.0 Å². The maximum absolute atomic E-state index is 13.4. The Labute approximate surface area is 239 Å². The van der Waals surface area contributed by atoms with E-state index in [-0.39, 0.29) is 28.5 Å². The molecule has 222 valence electrons. The van der Waals surface area contributed by atoms with Gasteiger partial charge in [-0.05, 0) is 48.0 Å². The first-order valence-electron chi connectivity index (χ1n) is 12.2. The molecule has 0 bridgehead atoms. The van der Waals surface area contributed by atoms with E-state index >= 15 is 0 Å². The lowest BCUT2D eigenvalue weighted by atomic mass is 10.00. The number of methoxy groups -OCH3 is 1. The second-order valence-electron chi connectivity index (χ2n) is 9.02. The van der Waals surface area contributed by atoms with Gasteiger partial charge < -0.3 is 10.1 Å². The van der Waals surface area contributed by atoms with Crippen molar-refractivity contribution in [2.45, 2.75) is 37.9 Å². The molecule has 2 heterocycles. The Kier molecular flexibility index (Phi) is 8.95. The summed E-state index contributed by atoms with van der Waals surface area (Å²) < 4.78 is 85.8. The number of ether oxygens (including phenoxy) is 1. The number of hydrogen-bond donors (Lipinski definition) is 1. The molecule has 0 radical (unpaired) electrons. The first-order valence-corrected chi connectivity index (χ1v) is 12.6. The van der Waals surface area contributed by atoms with Crippen molar-refractivity contribution in [3.63, 3.8) is 0 Å². The van der Waals surface area contributed by atoms with E-state index in [1.807, 2.05) is 0 Å². The van der Waals surface area contributed by atoms with Gasteiger partial charge in [-0.2, -0.15) is 26.3 Å². The van der Waals surface area contributed by atoms with Gasteiger partial charge in [0.2, 0.25) is 11.8 Å². The van der Waals surface area contributed by atoms with Crippen molar-refractivity contribution in [2.24, 2.45) is 0 Å². The Hall–Kier alpha value is -4.33. The molecule has 15 heteroatoms. The molecule has 0 saturated carbocycles. The van der Waals surface area contributed by atoms with Gasteiger partial charge in [-0.3, -0.25) is 9.36 Å². The molecular formula is C27H22ClF6N5O3. The zero-order chi connectivity index (χ0) is 30.7. The summed E-state index contributed by atoms with van der Waals surface area (Å²) in [6.07, 6.45) is -10.6. The van der Waals surface area contributed by atoms with E-state index in [1.165, 1.54) is 61.7 Å². The molecule has 0 aliphatic rings. The van der Waals surface area contributed by atoms with E-state index in [0.29, 0.717) is 9.70 Å². The number of aromatic nitrogens is 4. The second kappa shape index (κ2) is 12.3. The topological polar surface area (TPSA) is 91.0 Å². The third-order valence-electron chi connectivity index (χ3n) is 6.04. The minimum Gasteiger partial charge on any atom is -0.481 e. The maximum Gasteiger partial charge on any atom is 0.416 e. The van der Waals surface area contributed by atoms with E-state index in [9.17, 15) is 35.9 Å². The second-order valence-corrected chi connectivity index (χ2v) is 9.45. The van der Waals surface area contributed by atoms with Gasteiger partial charge in [0.05, 0.1) is 30.8 Å². The van der Waals surface area contributed by atoms with Crippen LogP contribution in [-0.2, 0) is 24.1 Å². The molecule has 2 aromatic carbocycles. The van der Waals surface area contributed by atoms with Crippen molar-refractivity contribution >= 4 is 17.5 Å². The van der Waals surface area contributed by atoms with Crippen molar-refractivity contribution in [3.05, 3.63) is 99.1 Å². The Morgan fingerprint density at radius 2 is 1.71 bits per heavy atom. The van der Waals surface area contributed by atoms with Crippen molar-refractivity contribution in [2.75, 3.05) is 7.11 Å². The van der Waals surface area contributed by atoms with Crippen LogP contribution in [-0.4, -0.2) is 38.5 Å². The molecule has 0 saturated heterocycles. The number of rotatable bonds is 9. The van der Waals surface area contributed by atoms with Gasteiger partial charge in [-0.15, -0.1) is 5.10 Å². The van der Waals surface area contributed by atoms with Gasteiger partial charge in [0.25, 0.3) is 0 Å². The van der Waals surface area contributed by atoms with Gasteiger partial charge in [0, 0.05) is 23.2 Å². The number of benzene rings is 2. The average Bonchev–Trinajstić information content (AvgIpc) is 3.24. The number of nitrogens with zero attached hydrogens (tertiary/aromatic N) is 4. The molecule has 0 aliphatic carbocycles. The van der Waals surface area contributed by atoms with Crippen LogP contribution < -0.4 is 15.7 Å². The minimum absolute atomic E-state index is 0.0313. The summed E-state index contributed by atoms with van der Waals surface area (Å²) in [5.74, 6) is -0.865. The van der Waals surface area contributed by atoms with Crippen LogP contribution in [0.3, 0.4) is 0 Å². The van der Waals surface area contributed by atoms with Crippen LogP contribution in [0.4, 0.5) is 26.3 Å². The molecule has 1 unspecified atom stereocenters. The van der Waals surface area contributed by atoms with Gasteiger partial charge in [-0.1, -0.05) is 29.8 Å². The van der Waals surface area contributed by atoms with E-state index < -0.39 is 55.1 Å². The molecular weight excluding hydrogens is 592 g/mol. The molecule has 2 aromatic heterocycles. The van der Waals surface area contributed by atoms with Gasteiger partial charge in [0.15, 0.2) is 5.82 Å². The van der Waals surface area contributed by atoms with Gasteiger partial charge in [0.1, 0.15) is 6.54 Å². The molecule has 4 aromatic rings. The number of alkyl halides is 6. The smallest absolute Gasteiger partial charge is 0.416 e. The van der Waals surface area contributed by atoms with Crippen LogP contribution in [0, 0.1) is 0 Å². The van der Waals surface area contributed by atoms with E-state index in [4.69, 9.17) is 16.3 Å². The number of halogens is 7. The summed E-state index contributed by atoms with van der Waals surface area (Å²) in [7, 11) is 1.34. The quantitative estimate of drug-likeness (QED) is 0.247. The first kappa shape index (κ1) is 30.6. The van der Waals surface area contributed by atoms with Crippen LogP contribution in [0.5, 0.6) is 5.88 Å². The summed E-state index contributed by atoms with van der Waals surface area (Å²) in [6, 6.07) is 13.4.